The van der Waals surface area contributed by atoms with Gasteiger partial charge in [-0.05, 0) is 37.1 Å². The molecule has 2 N–H and O–H groups in total. The Morgan fingerprint density at radius 3 is 2.52 bits per heavy atom. The minimum absolute atomic E-state index is 0.173. The Morgan fingerprint density at radius 2 is 1.79 bits per heavy atom. The SMILES string of the molecule is O=C(Nc1nc2c(s1)CC[C@@H]2C(=O)NCc1c(F)cccc1F)c1ccccc1. The number of amides is 2. The van der Waals surface area contributed by atoms with Gasteiger partial charge in [-0.3, -0.25) is 14.9 Å². The maximum atomic E-state index is 13.7. The van der Waals surface area contributed by atoms with E-state index in [1.54, 1.807) is 24.3 Å². The average Bonchev–Trinajstić information content (AvgIpc) is 3.28. The maximum Gasteiger partial charge on any atom is 0.257 e. The Bertz CT molecular complexity index is 1050. The summed E-state index contributed by atoms with van der Waals surface area (Å²) in [6.07, 6.45) is 1.24. The van der Waals surface area contributed by atoms with Crippen LogP contribution in [0.15, 0.2) is 48.5 Å². The van der Waals surface area contributed by atoms with Crippen molar-refractivity contribution in [1.82, 2.24) is 10.3 Å². The summed E-state index contributed by atoms with van der Waals surface area (Å²) in [5, 5.41) is 5.79. The molecule has 0 fully saturated rings. The van der Waals surface area contributed by atoms with Gasteiger partial charge in [0.05, 0.1) is 11.6 Å². The Morgan fingerprint density at radius 1 is 1.07 bits per heavy atom. The lowest BCUT2D eigenvalue weighted by molar-refractivity contribution is -0.122. The molecule has 5 nitrogen and oxygen atoms in total. The van der Waals surface area contributed by atoms with E-state index in [2.05, 4.69) is 15.6 Å². The van der Waals surface area contributed by atoms with Crippen LogP contribution in [0.2, 0.25) is 0 Å². The fourth-order valence-corrected chi connectivity index (χ4v) is 4.33. The number of fused-ring (bicyclic) bond motifs is 1. The summed E-state index contributed by atoms with van der Waals surface area (Å²) in [7, 11) is 0. The molecule has 1 aromatic heterocycles. The standard InChI is InChI=1S/C21H17F2N3O2S/c22-15-7-4-8-16(23)14(15)11-24-20(28)13-9-10-17-18(13)25-21(29-17)26-19(27)12-5-2-1-3-6-12/h1-8,13H,9-11H2,(H,24,28)(H,25,26,27)/t13-/m0/s1. The van der Waals surface area contributed by atoms with Gasteiger partial charge in [-0.2, -0.15) is 0 Å². The van der Waals surface area contributed by atoms with Crippen LogP contribution in [0.1, 0.15) is 38.8 Å². The fraction of sp³-hybridized carbons (Fsp3) is 0.190. The highest BCUT2D eigenvalue weighted by atomic mass is 32.1. The van der Waals surface area contributed by atoms with E-state index in [-0.39, 0.29) is 23.9 Å². The smallest absolute Gasteiger partial charge is 0.257 e. The minimum Gasteiger partial charge on any atom is -0.351 e. The molecule has 0 bridgehead atoms. The molecule has 0 radical (unpaired) electrons. The van der Waals surface area contributed by atoms with E-state index in [0.717, 1.165) is 17.0 Å². The van der Waals surface area contributed by atoms with Gasteiger partial charge in [-0.15, -0.1) is 11.3 Å². The van der Waals surface area contributed by atoms with E-state index in [1.807, 2.05) is 6.07 Å². The van der Waals surface area contributed by atoms with Gasteiger partial charge in [0.1, 0.15) is 11.6 Å². The summed E-state index contributed by atoms with van der Waals surface area (Å²) in [6, 6.07) is 12.4. The topological polar surface area (TPSA) is 71.1 Å². The lowest BCUT2D eigenvalue weighted by Crippen LogP contribution is -2.29. The molecule has 4 rings (SSSR count). The number of rotatable bonds is 5. The molecule has 1 aliphatic carbocycles. The first-order valence-electron chi connectivity index (χ1n) is 9.09. The van der Waals surface area contributed by atoms with Crippen molar-refractivity contribution >= 4 is 28.3 Å². The Kier molecular flexibility index (Phi) is 5.35. The first-order chi connectivity index (χ1) is 14.0. The van der Waals surface area contributed by atoms with Crippen molar-refractivity contribution in [3.63, 3.8) is 0 Å². The van der Waals surface area contributed by atoms with Crippen LogP contribution < -0.4 is 10.6 Å². The van der Waals surface area contributed by atoms with Gasteiger partial charge in [0.2, 0.25) is 5.91 Å². The van der Waals surface area contributed by atoms with E-state index < -0.39 is 17.6 Å². The molecule has 0 spiro atoms. The van der Waals surface area contributed by atoms with Crippen LogP contribution in [0.3, 0.4) is 0 Å². The summed E-state index contributed by atoms with van der Waals surface area (Å²) in [6.45, 7) is -0.231. The number of hydrogen-bond donors (Lipinski definition) is 2. The fourth-order valence-electron chi connectivity index (χ4n) is 3.29. The van der Waals surface area contributed by atoms with E-state index in [1.165, 1.54) is 17.4 Å². The molecule has 1 atom stereocenters. The van der Waals surface area contributed by atoms with E-state index in [0.29, 0.717) is 29.2 Å². The second-order valence-corrected chi connectivity index (χ2v) is 7.74. The number of carbonyl (C=O) groups is 2. The molecule has 8 heteroatoms. The second kappa shape index (κ2) is 8.08. The van der Waals surface area contributed by atoms with Crippen molar-refractivity contribution < 1.29 is 18.4 Å². The number of thiazole rings is 1. The lowest BCUT2D eigenvalue weighted by Gasteiger charge is -2.11. The molecule has 2 amide bonds. The third kappa shape index (κ3) is 4.02. The molecule has 2 aromatic carbocycles. The van der Waals surface area contributed by atoms with Crippen LogP contribution in [-0.4, -0.2) is 16.8 Å². The summed E-state index contributed by atoms with van der Waals surface area (Å²) in [4.78, 5) is 30.2. The molecule has 148 valence electrons. The van der Waals surface area contributed by atoms with Crippen LogP contribution >= 0.6 is 11.3 Å². The largest absolute Gasteiger partial charge is 0.351 e. The number of hydrogen-bond acceptors (Lipinski definition) is 4. The third-order valence-corrected chi connectivity index (χ3v) is 5.84. The lowest BCUT2D eigenvalue weighted by atomic mass is 10.1. The van der Waals surface area contributed by atoms with Crippen molar-refractivity contribution in [1.29, 1.82) is 0 Å². The van der Waals surface area contributed by atoms with Crippen LogP contribution in [0.5, 0.6) is 0 Å². The number of benzene rings is 2. The van der Waals surface area contributed by atoms with Crippen LogP contribution in [0, 0.1) is 11.6 Å². The highest BCUT2D eigenvalue weighted by Gasteiger charge is 2.33. The Hall–Kier alpha value is -3.13. The molecule has 0 unspecified atom stereocenters. The zero-order valence-electron chi connectivity index (χ0n) is 15.2. The van der Waals surface area contributed by atoms with E-state index >= 15 is 0 Å². The summed E-state index contributed by atoms with van der Waals surface area (Å²) in [5.74, 6) is -2.50. The zero-order valence-corrected chi connectivity index (χ0v) is 16.1. The number of carbonyl (C=O) groups excluding carboxylic acids is 2. The molecule has 0 saturated carbocycles. The van der Waals surface area contributed by atoms with E-state index in [9.17, 15) is 18.4 Å². The third-order valence-electron chi connectivity index (χ3n) is 4.79. The molecule has 0 aliphatic heterocycles. The molecule has 0 saturated heterocycles. The van der Waals surface area contributed by atoms with Gasteiger partial charge < -0.3 is 5.32 Å². The second-order valence-electron chi connectivity index (χ2n) is 6.66. The first-order valence-corrected chi connectivity index (χ1v) is 9.91. The number of anilines is 1. The van der Waals surface area contributed by atoms with Crippen LogP contribution in [0.4, 0.5) is 13.9 Å². The van der Waals surface area contributed by atoms with Gasteiger partial charge >= 0.3 is 0 Å². The number of nitrogens with zero attached hydrogens (tertiary/aromatic N) is 1. The van der Waals surface area contributed by atoms with Gasteiger partial charge in [0.25, 0.3) is 5.91 Å². The van der Waals surface area contributed by atoms with Gasteiger partial charge in [0, 0.05) is 22.5 Å². The van der Waals surface area contributed by atoms with E-state index in [4.69, 9.17) is 0 Å². The molecule has 1 heterocycles. The molecule has 29 heavy (non-hydrogen) atoms. The predicted octanol–water partition coefficient (Wildman–Crippen LogP) is 4.02. The minimum atomic E-state index is -0.697. The van der Waals surface area contributed by atoms with Gasteiger partial charge in [-0.1, -0.05) is 24.3 Å². The van der Waals surface area contributed by atoms with Crippen LogP contribution in [-0.2, 0) is 17.8 Å². The van der Waals surface area contributed by atoms with Crippen molar-refractivity contribution in [2.24, 2.45) is 0 Å². The van der Waals surface area contributed by atoms with Gasteiger partial charge in [-0.25, -0.2) is 13.8 Å². The summed E-state index contributed by atoms with van der Waals surface area (Å²) >= 11 is 1.34. The maximum absolute atomic E-state index is 13.7. The molecular weight excluding hydrogens is 396 g/mol. The monoisotopic (exact) mass is 413 g/mol. The predicted molar refractivity (Wildman–Crippen MR) is 106 cm³/mol. The van der Waals surface area contributed by atoms with Gasteiger partial charge in [0.15, 0.2) is 5.13 Å². The number of aryl methyl sites for hydroxylation is 1. The van der Waals surface area contributed by atoms with Crippen molar-refractivity contribution in [3.8, 4) is 0 Å². The number of aromatic nitrogens is 1. The Labute approximate surface area is 169 Å². The summed E-state index contributed by atoms with van der Waals surface area (Å²) in [5.41, 5.74) is 0.960. The number of nitrogens with one attached hydrogen (secondary N) is 2. The molecule has 3 aromatic rings. The first kappa shape index (κ1) is 19.2. The Balaban J connectivity index is 1.43. The highest BCUT2D eigenvalue weighted by molar-refractivity contribution is 7.16. The van der Waals surface area contributed by atoms with Crippen molar-refractivity contribution in [2.45, 2.75) is 25.3 Å². The van der Waals surface area contributed by atoms with Crippen LogP contribution in [0.25, 0.3) is 0 Å². The normalized spacial score (nSPS) is 15.0. The average molecular weight is 413 g/mol. The zero-order chi connectivity index (χ0) is 20.4. The summed E-state index contributed by atoms with van der Waals surface area (Å²) < 4.78 is 27.5. The quantitative estimate of drug-likeness (QED) is 0.664. The van der Waals surface area contributed by atoms with Crippen molar-refractivity contribution in [3.05, 3.63) is 81.9 Å². The molecule has 1 aliphatic rings. The molecular formula is C21H17F2N3O2S. The number of halogens is 2. The van der Waals surface area contributed by atoms with Crippen molar-refractivity contribution in [2.75, 3.05) is 5.32 Å². The highest BCUT2D eigenvalue weighted by Crippen LogP contribution is 2.38.